The molecule has 3 saturated heterocycles. The molecule has 3 aliphatic heterocycles. The smallest absolute Gasteiger partial charge is 0.310 e. The molecule has 1 aromatic carbocycles. The molecule has 7 nitrogen and oxygen atoms in total. The second kappa shape index (κ2) is 10.3. The number of aryl methyl sites for hydroxylation is 2. The third kappa shape index (κ3) is 4.29. The Kier molecular flexibility index (Phi) is 7.62. The molecule has 3 aliphatic rings. The van der Waals surface area contributed by atoms with E-state index in [2.05, 4.69) is 6.58 Å². The third-order valence-electron chi connectivity index (χ3n) is 7.63. The summed E-state index contributed by atoms with van der Waals surface area (Å²) in [5.74, 6) is -1.67. The molecule has 2 bridgehead atoms. The Morgan fingerprint density at radius 3 is 2.80 bits per heavy atom. The standard InChI is InChI=1S/C27H36N2O5S/c1-5-13-28(19-16-17(3)9-10-18(19)4)25(32)23-27-12-11-20(35-27)21(26(33)34-6-2)22(27)24(31)29(23)14-7-8-15-30/h5,9-10,16,20-23,30H,1,6-8,11-15H2,2-4H3/t20-,21+,22-,23?,27?/m0/s1. The monoisotopic (exact) mass is 500 g/mol. The van der Waals surface area contributed by atoms with Gasteiger partial charge in [0.2, 0.25) is 5.91 Å². The Balaban J connectivity index is 1.77. The van der Waals surface area contributed by atoms with Crippen LogP contribution in [-0.4, -0.2) is 70.1 Å². The maximum Gasteiger partial charge on any atom is 0.310 e. The fourth-order valence-corrected chi connectivity index (χ4v) is 8.37. The predicted octanol–water partition coefficient (Wildman–Crippen LogP) is 3.25. The van der Waals surface area contributed by atoms with Crippen LogP contribution in [0.15, 0.2) is 30.9 Å². The number of esters is 1. The molecule has 0 saturated carbocycles. The van der Waals surface area contributed by atoms with Crippen LogP contribution in [-0.2, 0) is 19.1 Å². The van der Waals surface area contributed by atoms with Crippen molar-refractivity contribution in [2.24, 2.45) is 11.8 Å². The highest BCUT2D eigenvalue weighted by Crippen LogP contribution is 2.66. The van der Waals surface area contributed by atoms with E-state index in [4.69, 9.17) is 4.74 Å². The Morgan fingerprint density at radius 2 is 2.11 bits per heavy atom. The normalized spacial score (nSPS) is 28.8. The van der Waals surface area contributed by atoms with Crippen molar-refractivity contribution in [2.45, 2.75) is 62.5 Å². The molecule has 1 spiro atoms. The van der Waals surface area contributed by atoms with E-state index < -0.39 is 22.6 Å². The highest BCUT2D eigenvalue weighted by atomic mass is 32.2. The fourth-order valence-electron chi connectivity index (χ4n) is 6.17. The number of likely N-dealkylation sites (tertiary alicyclic amines) is 1. The maximum atomic E-state index is 14.4. The van der Waals surface area contributed by atoms with E-state index in [0.717, 1.165) is 29.7 Å². The molecule has 2 unspecified atom stereocenters. The van der Waals surface area contributed by atoms with Gasteiger partial charge in [0.15, 0.2) is 0 Å². The van der Waals surface area contributed by atoms with Crippen molar-refractivity contribution in [3.8, 4) is 0 Å². The van der Waals surface area contributed by atoms with E-state index in [1.807, 2.05) is 32.0 Å². The van der Waals surface area contributed by atoms with Crippen molar-refractivity contribution in [2.75, 3.05) is 31.2 Å². The summed E-state index contributed by atoms with van der Waals surface area (Å²) < 4.78 is 4.73. The number of rotatable bonds is 10. The molecule has 5 atom stereocenters. The lowest BCUT2D eigenvalue weighted by atomic mass is 9.71. The van der Waals surface area contributed by atoms with Crippen LogP contribution in [0.5, 0.6) is 0 Å². The Hall–Kier alpha value is -2.32. The van der Waals surface area contributed by atoms with Crippen molar-refractivity contribution in [3.63, 3.8) is 0 Å². The summed E-state index contributed by atoms with van der Waals surface area (Å²) in [7, 11) is 0. The van der Waals surface area contributed by atoms with Crippen molar-refractivity contribution in [3.05, 3.63) is 42.0 Å². The van der Waals surface area contributed by atoms with Gasteiger partial charge in [-0.25, -0.2) is 0 Å². The molecule has 1 aromatic rings. The van der Waals surface area contributed by atoms with Gasteiger partial charge in [-0.1, -0.05) is 18.2 Å². The van der Waals surface area contributed by atoms with Gasteiger partial charge < -0.3 is 19.6 Å². The van der Waals surface area contributed by atoms with Gasteiger partial charge in [-0.15, -0.1) is 18.3 Å². The minimum atomic E-state index is -0.673. The van der Waals surface area contributed by atoms with E-state index in [1.165, 1.54) is 0 Å². The average molecular weight is 501 g/mol. The zero-order valence-electron chi connectivity index (χ0n) is 20.9. The first-order valence-electron chi connectivity index (χ1n) is 12.6. The summed E-state index contributed by atoms with van der Waals surface area (Å²) in [6, 6.07) is 5.34. The van der Waals surface area contributed by atoms with Crippen molar-refractivity contribution in [1.29, 1.82) is 0 Å². The Morgan fingerprint density at radius 1 is 1.34 bits per heavy atom. The molecular formula is C27H36N2O5S. The fraction of sp³-hybridized carbons (Fsp3) is 0.593. The topological polar surface area (TPSA) is 87.2 Å². The second-order valence-electron chi connectivity index (χ2n) is 9.80. The molecule has 4 rings (SSSR count). The second-order valence-corrected chi connectivity index (χ2v) is 11.4. The van der Waals surface area contributed by atoms with Crippen molar-refractivity contribution < 1.29 is 24.2 Å². The molecule has 190 valence electrons. The van der Waals surface area contributed by atoms with Gasteiger partial charge in [0, 0.05) is 30.6 Å². The van der Waals surface area contributed by atoms with E-state index in [-0.39, 0.29) is 36.2 Å². The minimum Gasteiger partial charge on any atom is -0.466 e. The molecule has 0 radical (unpaired) electrons. The zero-order valence-corrected chi connectivity index (χ0v) is 21.7. The van der Waals surface area contributed by atoms with Gasteiger partial charge in [0.05, 0.1) is 23.2 Å². The first-order chi connectivity index (χ1) is 16.8. The lowest BCUT2D eigenvalue weighted by molar-refractivity contribution is -0.153. The lowest BCUT2D eigenvalue weighted by Crippen LogP contribution is -2.55. The van der Waals surface area contributed by atoms with E-state index in [1.54, 1.807) is 34.6 Å². The first-order valence-corrected chi connectivity index (χ1v) is 13.4. The highest BCUT2D eigenvalue weighted by molar-refractivity contribution is 8.02. The summed E-state index contributed by atoms with van der Waals surface area (Å²) in [6.45, 7) is 10.6. The number of aliphatic hydroxyl groups excluding tert-OH is 1. The van der Waals surface area contributed by atoms with Crippen LogP contribution in [0.1, 0.15) is 43.7 Å². The number of hydrogen-bond donors (Lipinski definition) is 1. The number of anilines is 1. The van der Waals surface area contributed by atoms with Crippen molar-refractivity contribution in [1.82, 2.24) is 4.90 Å². The van der Waals surface area contributed by atoms with Gasteiger partial charge in [-0.05, 0) is 63.6 Å². The predicted molar refractivity (Wildman–Crippen MR) is 137 cm³/mol. The summed E-state index contributed by atoms with van der Waals surface area (Å²) in [5.41, 5.74) is 2.84. The first kappa shape index (κ1) is 25.8. The molecule has 35 heavy (non-hydrogen) atoms. The average Bonchev–Trinajstić information content (AvgIpc) is 3.47. The van der Waals surface area contributed by atoms with Crippen LogP contribution < -0.4 is 4.90 Å². The number of unbranched alkanes of at least 4 members (excludes halogenated alkanes) is 1. The summed E-state index contributed by atoms with van der Waals surface area (Å²) in [5, 5.41) is 9.32. The summed E-state index contributed by atoms with van der Waals surface area (Å²) in [6.07, 6.45) is 4.36. The molecule has 3 heterocycles. The molecule has 1 N–H and O–H groups in total. The molecule has 3 fully saturated rings. The van der Waals surface area contributed by atoms with Crippen LogP contribution in [0.4, 0.5) is 5.69 Å². The van der Waals surface area contributed by atoms with Crippen LogP contribution in [0.3, 0.4) is 0 Å². The number of fused-ring (bicyclic) bond motifs is 1. The number of thioether (sulfide) groups is 1. The maximum absolute atomic E-state index is 14.4. The largest absolute Gasteiger partial charge is 0.466 e. The number of hydrogen-bond acceptors (Lipinski definition) is 6. The Bertz CT molecular complexity index is 1010. The van der Waals surface area contributed by atoms with E-state index >= 15 is 0 Å². The lowest BCUT2D eigenvalue weighted by Gasteiger charge is -2.37. The number of benzene rings is 1. The van der Waals surface area contributed by atoms with E-state index in [0.29, 0.717) is 25.9 Å². The number of carbonyl (C=O) groups is 3. The van der Waals surface area contributed by atoms with Crippen LogP contribution in [0, 0.1) is 25.7 Å². The van der Waals surface area contributed by atoms with Gasteiger partial charge in [0.25, 0.3) is 5.91 Å². The van der Waals surface area contributed by atoms with Gasteiger partial charge in [-0.2, -0.15) is 0 Å². The highest BCUT2D eigenvalue weighted by Gasteiger charge is 2.74. The molecular weight excluding hydrogens is 464 g/mol. The summed E-state index contributed by atoms with van der Waals surface area (Å²) in [4.78, 5) is 44.7. The quantitative estimate of drug-likeness (QED) is 0.302. The number of amides is 2. The molecule has 0 aliphatic carbocycles. The van der Waals surface area contributed by atoms with E-state index in [9.17, 15) is 19.5 Å². The number of aliphatic hydroxyl groups is 1. The minimum absolute atomic E-state index is 0.00791. The Labute approximate surface area is 211 Å². The number of carbonyl (C=O) groups excluding carboxylic acids is 3. The van der Waals surface area contributed by atoms with Gasteiger partial charge in [-0.3, -0.25) is 14.4 Å². The number of ether oxygens (including phenoxy) is 1. The van der Waals surface area contributed by atoms with Crippen LogP contribution >= 0.6 is 11.8 Å². The SMILES string of the molecule is C=CCN(C(=O)C1N(CCCCO)C(=O)[C@@H]2[C@H](C(=O)OCC)[C@@H]3CCC12S3)c1cc(C)ccc1C. The van der Waals surface area contributed by atoms with Crippen LogP contribution in [0.25, 0.3) is 0 Å². The third-order valence-corrected chi connectivity index (χ3v) is 9.58. The van der Waals surface area contributed by atoms with Crippen LogP contribution in [0.2, 0.25) is 0 Å². The van der Waals surface area contributed by atoms with Crippen molar-refractivity contribution >= 4 is 35.2 Å². The number of nitrogens with zero attached hydrogens (tertiary/aromatic N) is 2. The molecule has 8 heteroatoms. The summed E-state index contributed by atoms with van der Waals surface area (Å²) >= 11 is 1.65. The molecule has 0 aromatic heterocycles. The van der Waals surface area contributed by atoms with Gasteiger partial charge >= 0.3 is 5.97 Å². The molecule has 2 amide bonds. The van der Waals surface area contributed by atoms with Gasteiger partial charge in [0.1, 0.15) is 6.04 Å². The zero-order chi connectivity index (χ0) is 25.3.